The van der Waals surface area contributed by atoms with Crippen LogP contribution in [0.5, 0.6) is 0 Å². The highest BCUT2D eigenvalue weighted by Crippen LogP contribution is 2.30. The van der Waals surface area contributed by atoms with Crippen molar-refractivity contribution < 1.29 is 14.3 Å². The molecule has 4 rings (SSSR count). The lowest BCUT2D eigenvalue weighted by molar-refractivity contribution is -0.142. The molecule has 9 heteroatoms. The van der Waals surface area contributed by atoms with Gasteiger partial charge < -0.3 is 19.4 Å². The number of carbonyl (C=O) groups excluding carboxylic acids is 2. The van der Waals surface area contributed by atoms with Crippen molar-refractivity contribution in [3.63, 3.8) is 0 Å². The maximum atomic E-state index is 13.0. The van der Waals surface area contributed by atoms with E-state index in [1.54, 1.807) is 4.90 Å². The maximum Gasteiger partial charge on any atom is 0.249 e. The van der Waals surface area contributed by atoms with Crippen molar-refractivity contribution in [1.82, 2.24) is 20.0 Å². The fourth-order valence-corrected chi connectivity index (χ4v) is 4.28. The van der Waals surface area contributed by atoms with E-state index in [1.165, 1.54) is 7.11 Å². The quantitative estimate of drug-likeness (QED) is 0.589. The molecule has 2 aromatic rings. The summed E-state index contributed by atoms with van der Waals surface area (Å²) in [5, 5.41) is 9.42. The van der Waals surface area contributed by atoms with E-state index in [4.69, 9.17) is 16.3 Å². The molecule has 176 valence electrons. The van der Waals surface area contributed by atoms with Crippen molar-refractivity contribution in [3.05, 3.63) is 41.4 Å². The van der Waals surface area contributed by atoms with E-state index >= 15 is 0 Å². The summed E-state index contributed by atoms with van der Waals surface area (Å²) in [6.45, 7) is 3.47. The first kappa shape index (κ1) is 23.4. The van der Waals surface area contributed by atoms with Crippen LogP contribution in [0.4, 0.5) is 5.82 Å². The van der Waals surface area contributed by atoms with Gasteiger partial charge in [-0.3, -0.25) is 9.59 Å². The third kappa shape index (κ3) is 6.21. The Bertz CT molecular complexity index is 967. The van der Waals surface area contributed by atoms with E-state index in [0.717, 1.165) is 42.9 Å². The molecule has 8 nitrogen and oxygen atoms in total. The van der Waals surface area contributed by atoms with Crippen LogP contribution in [-0.2, 0) is 14.3 Å². The summed E-state index contributed by atoms with van der Waals surface area (Å²) in [6.07, 6.45) is 3.08. The van der Waals surface area contributed by atoms with Crippen LogP contribution in [0.2, 0.25) is 5.02 Å². The average Bonchev–Trinajstić information content (AvgIpc) is 3.66. The van der Waals surface area contributed by atoms with Crippen LogP contribution in [0.3, 0.4) is 0 Å². The van der Waals surface area contributed by atoms with Crippen LogP contribution in [0.1, 0.15) is 19.3 Å². The average molecular weight is 472 g/mol. The van der Waals surface area contributed by atoms with Gasteiger partial charge in [-0.1, -0.05) is 29.8 Å². The number of nitrogens with zero attached hydrogens (tertiary/aromatic N) is 5. The minimum Gasteiger partial charge on any atom is -0.375 e. The van der Waals surface area contributed by atoms with Gasteiger partial charge in [-0.25, -0.2) is 0 Å². The summed E-state index contributed by atoms with van der Waals surface area (Å²) in [5.74, 6) is 1.17. The van der Waals surface area contributed by atoms with Crippen molar-refractivity contribution in [2.45, 2.75) is 19.3 Å². The lowest BCUT2D eigenvalue weighted by Gasteiger charge is -2.27. The lowest BCUT2D eigenvalue weighted by atomic mass is 10.1. The van der Waals surface area contributed by atoms with E-state index in [9.17, 15) is 9.59 Å². The molecule has 0 unspecified atom stereocenters. The summed E-state index contributed by atoms with van der Waals surface area (Å²) in [6, 6.07) is 11.4. The van der Waals surface area contributed by atoms with Crippen LogP contribution >= 0.6 is 11.6 Å². The zero-order valence-electron chi connectivity index (χ0n) is 19.0. The fourth-order valence-electron chi connectivity index (χ4n) is 4.05. The van der Waals surface area contributed by atoms with E-state index < -0.39 is 0 Å². The maximum absolute atomic E-state index is 13.0. The zero-order chi connectivity index (χ0) is 23.2. The normalized spacial score (nSPS) is 16.4. The monoisotopic (exact) mass is 471 g/mol. The molecule has 0 spiro atoms. The molecule has 33 heavy (non-hydrogen) atoms. The molecule has 1 aromatic heterocycles. The molecule has 0 atom stereocenters. The Hall–Kier alpha value is -2.71. The van der Waals surface area contributed by atoms with Crippen LogP contribution < -0.4 is 4.90 Å². The molecule has 1 aliphatic carbocycles. The first-order chi connectivity index (χ1) is 16.0. The molecule has 0 N–H and O–H groups in total. The predicted molar refractivity (Wildman–Crippen MR) is 127 cm³/mol. The highest BCUT2D eigenvalue weighted by Gasteiger charge is 2.29. The van der Waals surface area contributed by atoms with Gasteiger partial charge in [0.1, 0.15) is 6.61 Å². The Kier molecular flexibility index (Phi) is 7.77. The van der Waals surface area contributed by atoms with Gasteiger partial charge in [0.2, 0.25) is 11.8 Å². The Morgan fingerprint density at radius 1 is 1.09 bits per heavy atom. The summed E-state index contributed by atoms with van der Waals surface area (Å²) in [7, 11) is 1.50. The molecule has 1 saturated carbocycles. The van der Waals surface area contributed by atoms with Crippen molar-refractivity contribution in [2.75, 3.05) is 57.9 Å². The number of rotatable bonds is 8. The second-order valence-corrected chi connectivity index (χ2v) is 9.04. The highest BCUT2D eigenvalue weighted by atomic mass is 35.5. The van der Waals surface area contributed by atoms with Crippen molar-refractivity contribution in [2.24, 2.45) is 5.92 Å². The highest BCUT2D eigenvalue weighted by molar-refractivity contribution is 6.33. The summed E-state index contributed by atoms with van der Waals surface area (Å²) < 4.78 is 5.00. The number of amides is 2. The number of benzene rings is 1. The van der Waals surface area contributed by atoms with Gasteiger partial charge in [-0.2, -0.15) is 0 Å². The second-order valence-electron chi connectivity index (χ2n) is 8.63. The van der Waals surface area contributed by atoms with E-state index in [-0.39, 0.29) is 25.0 Å². The van der Waals surface area contributed by atoms with Gasteiger partial charge in [0.05, 0.1) is 17.3 Å². The van der Waals surface area contributed by atoms with Crippen molar-refractivity contribution in [1.29, 1.82) is 0 Å². The minimum absolute atomic E-state index is 0.0106. The molecule has 2 aliphatic rings. The van der Waals surface area contributed by atoms with E-state index in [2.05, 4.69) is 15.1 Å². The van der Waals surface area contributed by atoms with Gasteiger partial charge in [0, 0.05) is 45.4 Å². The molecule has 1 aliphatic heterocycles. The number of carbonyl (C=O) groups is 2. The van der Waals surface area contributed by atoms with Crippen molar-refractivity contribution in [3.8, 4) is 11.3 Å². The van der Waals surface area contributed by atoms with Crippen LogP contribution in [0.15, 0.2) is 36.4 Å². The minimum atomic E-state index is -0.122. The predicted octanol–water partition coefficient (Wildman–Crippen LogP) is 2.72. The van der Waals surface area contributed by atoms with Crippen LogP contribution in [0, 0.1) is 5.92 Å². The number of ether oxygens (including phenoxy) is 1. The smallest absolute Gasteiger partial charge is 0.249 e. The summed E-state index contributed by atoms with van der Waals surface area (Å²) >= 11 is 6.27. The van der Waals surface area contributed by atoms with Crippen LogP contribution in [-0.4, -0.2) is 84.8 Å². The van der Waals surface area contributed by atoms with Gasteiger partial charge in [0.25, 0.3) is 0 Å². The zero-order valence-corrected chi connectivity index (χ0v) is 19.7. The molecule has 2 fully saturated rings. The number of hydrogen-bond acceptors (Lipinski definition) is 6. The number of hydrogen-bond donors (Lipinski definition) is 0. The third-order valence-electron chi connectivity index (χ3n) is 6.10. The SMILES string of the molecule is COCC(=O)N(CC(=O)N1CCCN(c2ccc(-c3ccccc3Cl)nn2)CC1)CC1CC1. The van der Waals surface area contributed by atoms with Crippen LogP contribution in [0.25, 0.3) is 11.3 Å². The molecule has 1 saturated heterocycles. The number of aromatic nitrogens is 2. The number of anilines is 1. The molecular formula is C24H30ClN5O3. The standard InChI is InChI=1S/C24H30ClN5O3/c1-33-17-24(32)30(15-18-7-8-18)16-23(31)29-12-4-11-28(13-14-29)22-10-9-21(26-27-22)19-5-2-3-6-20(19)25/h2-3,5-6,9-10,18H,4,7-8,11-17H2,1H3. The Labute approximate surface area is 199 Å². The lowest BCUT2D eigenvalue weighted by Crippen LogP contribution is -2.45. The van der Waals surface area contributed by atoms with Gasteiger partial charge in [0.15, 0.2) is 5.82 Å². The Balaban J connectivity index is 1.35. The second kappa shape index (κ2) is 10.9. The molecule has 2 amide bonds. The largest absolute Gasteiger partial charge is 0.375 e. The molecular weight excluding hydrogens is 442 g/mol. The number of halogens is 1. The molecule has 0 bridgehead atoms. The fraction of sp³-hybridized carbons (Fsp3) is 0.500. The van der Waals surface area contributed by atoms with E-state index in [0.29, 0.717) is 37.1 Å². The Morgan fingerprint density at radius 2 is 1.91 bits per heavy atom. The van der Waals surface area contributed by atoms with Crippen molar-refractivity contribution >= 4 is 29.2 Å². The van der Waals surface area contributed by atoms with E-state index in [1.807, 2.05) is 41.3 Å². The topological polar surface area (TPSA) is 78.9 Å². The third-order valence-corrected chi connectivity index (χ3v) is 6.42. The molecule has 2 heterocycles. The Morgan fingerprint density at radius 3 is 2.61 bits per heavy atom. The number of methoxy groups -OCH3 is 1. The van der Waals surface area contributed by atoms with Gasteiger partial charge in [-0.15, -0.1) is 10.2 Å². The summed E-state index contributed by atoms with van der Waals surface area (Å²) in [4.78, 5) is 31.0. The first-order valence-corrected chi connectivity index (χ1v) is 11.8. The molecule has 1 aromatic carbocycles. The van der Waals surface area contributed by atoms with Gasteiger partial charge in [-0.05, 0) is 43.4 Å². The summed E-state index contributed by atoms with van der Waals surface area (Å²) in [5.41, 5.74) is 1.58. The van der Waals surface area contributed by atoms with Gasteiger partial charge >= 0.3 is 0 Å². The first-order valence-electron chi connectivity index (χ1n) is 11.4. The molecule has 0 radical (unpaired) electrons.